The van der Waals surface area contributed by atoms with Crippen LogP contribution in [0.3, 0.4) is 0 Å². The number of rotatable bonds is 9. The van der Waals surface area contributed by atoms with Crippen molar-refractivity contribution in [2.75, 3.05) is 53.0 Å². The number of allylic oxidation sites excluding steroid dienone is 1. The summed E-state index contributed by atoms with van der Waals surface area (Å²) in [6, 6.07) is 6.54. The normalized spacial score (nSPS) is 24.5. The molecule has 6 nitrogen and oxygen atoms in total. The van der Waals surface area contributed by atoms with Crippen molar-refractivity contribution in [3.8, 4) is 11.5 Å². The molecule has 1 saturated heterocycles. The third-order valence-electron chi connectivity index (χ3n) is 7.62. The Morgan fingerprint density at radius 3 is 2.56 bits per heavy atom. The molecule has 0 spiro atoms. The molecule has 1 aromatic carbocycles. The molecule has 4 rings (SSSR count). The van der Waals surface area contributed by atoms with Crippen molar-refractivity contribution >= 4 is 0 Å². The molecule has 0 radical (unpaired) electrons. The zero-order chi connectivity index (χ0) is 24.1. The fourth-order valence-electron chi connectivity index (χ4n) is 5.49. The standard InChI is InChI=1S/C27H39FN4O2/c1-19(2)24-16-21(17-26-29-30-27(34-26)23-7-5-6-8-25(23)28)20(3)15-22(24)18-32-11-9-31(10-12-32)13-14-33-4/h5-8,15,19,21-22,24H,9-14,16-18H2,1-4H3/t21-,22-,24-/m0/s1. The van der Waals surface area contributed by atoms with E-state index in [0.29, 0.717) is 41.5 Å². The van der Waals surface area contributed by atoms with Gasteiger partial charge in [-0.25, -0.2) is 4.39 Å². The minimum Gasteiger partial charge on any atom is -0.421 e. The monoisotopic (exact) mass is 470 g/mol. The van der Waals surface area contributed by atoms with Gasteiger partial charge in [0.1, 0.15) is 5.82 Å². The Kier molecular flexibility index (Phi) is 8.51. The SMILES string of the molecule is COCCN1CCN(C[C@@H]2C=C(C)[C@H](Cc3nnc(-c4ccccc4F)o3)C[C@H]2C(C)C)CC1. The van der Waals surface area contributed by atoms with Gasteiger partial charge in [0.25, 0.3) is 5.89 Å². The van der Waals surface area contributed by atoms with Crippen LogP contribution in [-0.2, 0) is 11.2 Å². The summed E-state index contributed by atoms with van der Waals surface area (Å²) in [4.78, 5) is 5.13. The van der Waals surface area contributed by atoms with Gasteiger partial charge in [-0.3, -0.25) is 4.90 Å². The third-order valence-corrected chi connectivity index (χ3v) is 7.62. The molecule has 0 N–H and O–H groups in total. The van der Waals surface area contributed by atoms with Gasteiger partial charge in [0, 0.05) is 52.8 Å². The van der Waals surface area contributed by atoms with Gasteiger partial charge in [0.05, 0.1) is 12.2 Å². The topological polar surface area (TPSA) is 54.6 Å². The van der Waals surface area contributed by atoms with E-state index >= 15 is 0 Å². The molecule has 2 aromatic rings. The van der Waals surface area contributed by atoms with Gasteiger partial charge in [-0.15, -0.1) is 10.2 Å². The molecule has 0 saturated carbocycles. The minimum absolute atomic E-state index is 0.258. The highest BCUT2D eigenvalue weighted by atomic mass is 19.1. The van der Waals surface area contributed by atoms with Crippen LogP contribution in [0.5, 0.6) is 0 Å². The number of ether oxygens (including phenoxy) is 1. The van der Waals surface area contributed by atoms with Crippen molar-refractivity contribution < 1.29 is 13.5 Å². The Morgan fingerprint density at radius 1 is 1.12 bits per heavy atom. The summed E-state index contributed by atoms with van der Waals surface area (Å²) in [6.45, 7) is 14.4. The lowest BCUT2D eigenvalue weighted by atomic mass is 9.69. The summed E-state index contributed by atoms with van der Waals surface area (Å²) in [5, 5.41) is 8.35. The maximum absolute atomic E-state index is 14.1. The van der Waals surface area contributed by atoms with E-state index in [-0.39, 0.29) is 11.7 Å². The molecule has 186 valence electrons. The molecule has 2 heterocycles. The third kappa shape index (κ3) is 6.12. The van der Waals surface area contributed by atoms with Gasteiger partial charge in [-0.05, 0) is 49.1 Å². The van der Waals surface area contributed by atoms with E-state index in [4.69, 9.17) is 9.15 Å². The van der Waals surface area contributed by atoms with Gasteiger partial charge in [0.15, 0.2) is 0 Å². The highest BCUT2D eigenvalue weighted by Crippen LogP contribution is 2.39. The van der Waals surface area contributed by atoms with Gasteiger partial charge in [0.2, 0.25) is 5.89 Å². The van der Waals surface area contributed by atoms with Crippen LogP contribution in [0, 0.1) is 29.5 Å². The summed E-state index contributed by atoms with van der Waals surface area (Å²) in [5.74, 6) is 2.68. The van der Waals surface area contributed by atoms with Crippen molar-refractivity contribution in [1.29, 1.82) is 0 Å². The average molecular weight is 471 g/mol. The summed E-state index contributed by atoms with van der Waals surface area (Å²) < 4.78 is 25.2. The molecule has 0 amide bonds. The van der Waals surface area contributed by atoms with E-state index in [1.165, 1.54) is 11.6 Å². The smallest absolute Gasteiger partial charge is 0.250 e. The highest BCUT2D eigenvalue weighted by Gasteiger charge is 2.34. The summed E-state index contributed by atoms with van der Waals surface area (Å²) in [6.07, 6.45) is 4.33. The number of hydrogen-bond acceptors (Lipinski definition) is 6. The van der Waals surface area contributed by atoms with Crippen LogP contribution >= 0.6 is 0 Å². The van der Waals surface area contributed by atoms with Crippen molar-refractivity contribution in [1.82, 2.24) is 20.0 Å². The van der Waals surface area contributed by atoms with Gasteiger partial charge in [-0.1, -0.05) is 37.6 Å². The zero-order valence-corrected chi connectivity index (χ0v) is 21.0. The first kappa shape index (κ1) is 25.0. The van der Waals surface area contributed by atoms with E-state index in [1.807, 2.05) is 0 Å². The zero-order valence-electron chi connectivity index (χ0n) is 21.0. The summed E-state index contributed by atoms with van der Waals surface area (Å²) in [5.41, 5.74) is 1.77. The molecular formula is C27H39FN4O2. The molecule has 1 aliphatic carbocycles. The van der Waals surface area contributed by atoms with Crippen LogP contribution in [0.25, 0.3) is 11.5 Å². The quantitative estimate of drug-likeness (QED) is 0.502. The van der Waals surface area contributed by atoms with Crippen molar-refractivity contribution in [2.45, 2.75) is 33.6 Å². The first-order valence-electron chi connectivity index (χ1n) is 12.6. The van der Waals surface area contributed by atoms with E-state index in [9.17, 15) is 4.39 Å². The Bertz CT molecular complexity index is 952. The van der Waals surface area contributed by atoms with Gasteiger partial charge in [-0.2, -0.15) is 0 Å². The Balaban J connectivity index is 1.39. The number of piperazine rings is 1. The Hall–Kier alpha value is -2.09. The van der Waals surface area contributed by atoms with E-state index in [1.54, 1.807) is 25.3 Å². The maximum atomic E-state index is 14.1. The lowest BCUT2D eigenvalue weighted by molar-refractivity contribution is 0.0798. The molecule has 1 aliphatic heterocycles. The van der Waals surface area contributed by atoms with Crippen LogP contribution < -0.4 is 0 Å². The Morgan fingerprint density at radius 2 is 1.85 bits per heavy atom. The van der Waals surface area contributed by atoms with Crippen molar-refractivity contribution in [2.24, 2.45) is 23.7 Å². The van der Waals surface area contributed by atoms with Crippen LogP contribution in [0.1, 0.15) is 33.1 Å². The lowest BCUT2D eigenvalue weighted by Crippen LogP contribution is -2.49. The molecule has 2 aliphatic rings. The first-order valence-corrected chi connectivity index (χ1v) is 12.6. The van der Waals surface area contributed by atoms with Crippen molar-refractivity contribution in [3.63, 3.8) is 0 Å². The van der Waals surface area contributed by atoms with E-state index in [2.05, 4.69) is 46.8 Å². The number of benzene rings is 1. The van der Waals surface area contributed by atoms with Crippen LogP contribution in [0.4, 0.5) is 4.39 Å². The minimum atomic E-state index is -0.339. The van der Waals surface area contributed by atoms with E-state index < -0.39 is 0 Å². The van der Waals surface area contributed by atoms with E-state index in [0.717, 1.165) is 52.3 Å². The fraction of sp³-hybridized carbons (Fsp3) is 0.630. The fourth-order valence-corrected chi connectivity index (χ4v) is 5.49. The largest absolute Gasteiger partial charge is 0.421 e. The summed E-state index contributed by atoms with van der Waals surface area (Å²) in [7, 11) is 1.77. The van der Waals surface area contributed by atoms with Crippen LogP contribution in [-0.4, -0.2) is 73.0 Å². The molecule has 0 bridgehead atoms. The second kappa shape index (κ2) is 11.6. The second-order valence-electron chi connectivity index (χ2n) is 10.2. The molecule has 1 fully saturated rings. The molecule has 3 atom stereocenters. The molecule has 34 heavy (non-hydrogen) atoms. The second-order valence-corrected chi connectivity index (χ2v) is 10.2. The number of halogens is 1. The highest BCUT2D eigenvalue weighted by molar-refractivity contribution is 5.53. The predicted octanol–water partition coefficient (Wildman–Crippen LogP) is 4.54. The number of methoxy groups -OCH3 is 1. The molecular weight excluding hydrogens is 431 g/mol. The molecule has 7 heteroatoms. The lowest BCUT2D eigenvalue weighted by Gasteiger charge is -2.41. The van der Waals surface area contributed by atoms with Crippen LogP contribution in [0.15, 0.2) is 40.3 Å². The van der Waals surface area contributed by atoms with Gasteiger partial charge < -0.3 is 14.1 Å². The first-order chi connectivity index (χ1) is 16.4. The molecule has 0 unspecified atom stereocenters. The van der Waals surface area contributed by atoms with Crippen molar-refractivity contribution in [3.05, 3.63) is 47.6 Å². The maximum Gasteiger partial charge on any atom is 0.250 e. The van der Waals surface area contributed by atoms with Crippen LogP contribution in [0.2, 0.25) is 0 Å². The molecule has 1 aromatic heterocycles. The summed E-state index contributed by atoms with van der Waals surface area (Å²) >= 11 is 0. The van der Waals surface area contributed by atoms with Gasteiger partial charge >= 0.3 is 0 Å². The predicted molar refractivity (Wildman–Crippen MR) is 132 cm³/mol. The Labute approximate surface area is 203 Å². The number of hydrogen-bond donors (Lipinski definition) is 0. The number of nitrogens with zero attached hydrogens (tertiary/aromatic N) is 4. The number of aromatic nitrogens is 2. The average Bonchev–Trinajstić information content (AvgIpc) is 3.28.